The first-order valence-electron chi connectivity index (χ1n) is 13.5. The van der Waals surface area contributed by atoms with E-state index in [0.717, 1.165) is 0 Å². The Bertz CT molecular complexity index is 1730. The number of allylic oxidation sites excluding steroid dienone is 1. The summed E-state index contributed by atoms with van der Waals surface area (Å²) in [5.41, 5.74) is 2.87. The van der Waals surface area contributed by atoms with E-state index < -0.39 is 0 Å². The number of ether oxygens (including phenoxy) is 3. The Labute approximate surface area is 257 Å². The molecule has 45 heavy (non-hydrogen) atoms. The number of hydrogen-bond donors (Lipinski definition) is 3. The zero-order chi connectivity index (χ0) is 31.8. The Hall–Kier alpha value is -6.04. The molecule has 12 heteroatoms. The number of benzene rings is 4. The van der Waals surface area contributed by atoms with Crippen LogP contribution in [-0.4, -0.2) is 42.1 Å². The Kier molecular flexibility index (Phi) is 9.43. The first kappa shape index (κ1) is 30.4. The molecule has 4 aromatic carbocycles. The molecule has 0 aliphatic heterocycles. The summed E-state index contributed by atoms with van der Waals surface area (Å²) in [5.74, 6) is 0.968. The van der Waals surface area contributed by atoms with Gasteiger partial charge >= 0.3 is 0 Å². The van der Waals surface area contributed by atoms with E-state index >= 15 is 0 Å². The van der Waals surface area contributed by atoms with Gasteiger partial charge in [0.2, 0.25) is 23.6 Å². The second-order valence-electron chi connectivity index (χ2n) is 9.43. The molecule has 5 rings (SSSR count). The summed E-state index contributed by atoms with van der Waals surface area (Å²) in [7, 11) is 4.56. The van der Waals surface area contributed by atoms with Crippen molar-refractivity contribution < 1.29 is 27.8 Å². The van der Waals surface area contributed by atoms with Gasteiger partial charge in [0, 0.05) is 22.6 Å². The summed E-state index contributed by atoms with van der Waals surface area (Å²) in [6, 6.07) is 21.7. The van der Waals surface area contributed by atoms with Crippen LogP contribution in [0.25, 0.3) is 6.08 Å². The highest BCUT2D eigenvalue weighted by atomic mass is 19.1. The van der Waals surface area contributed by atoms with Gasteiger partial charge in [-0.2, -0.15) is 15.0 Å². The lowest BCUT2D eigenvalue weighted by Gasteiger charge is -2.12. The summed E-state index contributed by atoms with van der Waals surface area (Å²) >= 11 is 0. The fourth-order valence-corrected chi connectivity index (χ4v) is 4.18. The number of nitrogens with one attached hydrogen (secondary N) is 3. The van der Waals surface area contributed by atoms with Gasteiger partial charge in [-0.1, -0.05) is 6.08 Å². The number of nitrogens with zero attached hydrogens (tertiary/aromatic N) is 3. The van der Waals surface area contributed by atoms with Crippen LogP contribution >= 0.6 is 0 Å². The van der Waals surface area contributed by atoms with Gasteiger partial charge in [-0.25, -0.2) is 8.78 Å². The third-order valence-corrected chi connectivity index (χ3v) is 6.38. The molecule has 0 radical (unpaired) electrons. The van der Waals surface area contributed by atoms with Crippen LogP contribution in [0.4, 0.5) is 43.7 Å². The lowest BCUT2D eigenvalue weighted by molar-refractivity contribution is 0.104. The number of methoxy groups -OCH3 is 3. The maximum atomic E-state index is 13.4. The monoisotopic (exact) mass is 610 g/mol. The number of carbonyl (C=O) groups is 1. The van der Waals surface area contributed by atoms with E-state index in [9.17, 15) is 13.6 Å². The minimum absolute atomic E-state index is 0.174. The van der Waals surface area contributed by atoms with Crippen molar-refractivity contribution in [2.45, 2.75) is 0 Å². The lowest BCUT2D eigenvalue weighted by Crippen LogP contribution is -2.07. The molecule has 0 saturated heterocycles. The third kappa shape index (κ3) is 7.87. The van der Waals surface area contributed by atoms with E-state index in [1.165, 1.54) is 51.7 Å². The number of halogens is 2. The molecule has 3 N–H and O–H groups in total. The van der Waals surface area contributed by atoms with Gasteiger partial charge in [0.15, 0.2) is 17.3 Å². The minimum atomic E-state index is -0.379. The van der Waals surface area contributed by atoms with Crippen LogP contribution in [0, 0.1) is 11.6 Å². The van der Waals surface area contributed by atoms with E-state index in [-0.39, 0.29) is 35.3 Å². The lowest BCUT2D eigenvalue weighted by atomic mass is 10.1. The molecule has 0 amide bonds. The molecule has 0 saturated carbocycles. The summed E-state index contributed by atoms with van der Waals surface area (Å²) in [6.45, 7) is 0. The van der Waals surface area contributed by atoms with Crippen molar-refractivity contribution in [3.8, 4) is 17.2 Å². The van der Waals surface area contributed by atoms with Crippen molar-refractivity contribution in [3.63, 3.8) is 0 Å². The average Bonchev–Trinajstić information content (AvgIpc) is 3.05. The van der Waals surface area contributed by atoms with Crippen molar-refractivity contribution in [1.29, 1.82) is 0 Å². The fraction of sp³-hybridized carbons (Fsp3) is 0.0909. The van der Waals surface area contributed by atoms with E-state index in [1.54, 1.807) is 66.7 Å². The molecule has 0 spiro atoms. The zero-order valence-electron chi connectivity index (χ0n) is 24.5. The maximum absolute atomic E-state index is 13.4. The molecule has 5 aromatic rings. The Balaban J connectivity index is 1.33. The minimum Gasteiger partial charge on any atom is -0.493 e. The molecule has 228 valence electrons. The molecular weight excluding hydrogens is 582 g/mol. The van der Waals surface area contributed by atoms with Gasteiger partial charge < -0.3 is 30.2 Å². The fourth-order valence-electron chi connectivity index (χ4n) is 4.18. The van der Waals surface area contributed by atoms with E-state index in [4.69, 9.17) is 14.2 Å². The second-order valence-corrected chi connectivity index (χ2v) is 9.43. The smallest absolute Gasteiger partial charge is 0.233 e. The number of anilines is 6. The van der Waals surface area contributed by atoms with Gasteiger partial charge in [-0.05, 0) is 96.6 Å². The van der Waals surface area contributed by atoms with Crippen LogP contribution in [-0.2, 0) is 0 Å². The van der Waals surface area contributed by atoms with Crippen molar-refractivity contribution in [2.75, 3.05) is 37.3 Å². The van der Waals surface area contributed by atoms with E-state index in [0.29, 0.717) is 45.4 Å². The quantitative estimate of drug-likeness (QED) is 0.0980. The van der Waals surface area contributed by atoms with E-state index in [1.807, 2.05) is 0 Å². The number of aromatic nitrogens is 3. The maximum Gasteiger partial charge on any atom is 0.233 e. The molecular formula is C33H28F2N6O4. The standard InChI is InChI=1S/C33H28F2N6O4/c1-43-28-18-20(19-29(44-2)30(28)45-3)4-17-27(42)21-5-11-24(12-6-21)36-31-39-32(37-25-13-7-22(34)8-14-25)41-33(40-31)38-26-15-9-23(35)10-16-26/h4-19H,1-3H3,(H3,36,37,38,39,40,41)/b17-4+. The van der Waals surface area contributed by atoms with Crippen LogP contribution in [0.3, 0.4) is 0 Å². The topological polar surface area (TPSA) is 120 Å². The number of hydrogen-bond acceptors (Lipinski definition) is 10. The second kappa shape index (κ2) is 14.0. The Morgan fingerprint density at radius 2 is 1.02 bits per heavy atom. The third-order valence-electron chi connectivity index (χ3n) is 6.38. The van der Waals surface area contributed by atoms with Crippen LogP contribution in [0.2, 0.25) is 0 Å². The van der Waals surface area contributed by atoms with Crippen molar-refractivity contribution in [1.82, 2.24) is 15.0 Å². The number of carbonyl (C=O) groups excluding carboxylic acids is 1. The molecule has 1 heterocycles. The van der Waals surface area contributed by atoms with Crippen LogP contribution in [0.5, 0.6) is 17.2 Å². The number of rotatable bonds is 12. The van der Waals surface area contributed by atoms with Crippen LogP contribution < -0.4 is 30.2 Å². The Morgan fingerprint density at radius 1 is 0.622 bits per heavy atom. The summed E-state index contributed by atoms with van der Waals surface area (Å²) in [4.78, 5) is 26.1. The summed E-state index contributed by atoms with van der Waals surface area (Å²) in [6.07, 6.45) is 3.12. The molecule has 0 atom stereocenters. The summed E-state index contributed by atoms with van der Waals surface area (Å²) in [5, 5.41) is 9.15. The Morgan fingerprint density at radius 3 is 1.40 bits per heavy atom. The predicted molar refractivity (Wildman–Crippen MR) is 168 cm³/mol. The van der Waals surface area contributed by atoms with Gasteiger partial charge in [0.05, 0.1) is 21.3 Å². The van der Waals surface area contributed by atoms with Gasteiger partial charge in [-0.15, -0.1) is 0 Å². The molecule has 1 aromatic heterocycles. The highest BCUT2D eigenvalue weighted by Gasteiger charge is 2.13. The predicted octanol–water partition coefficient (Wildman–Crippen LogP) is 7.30. The molecule has 0 unspecified atom stereocenters. The average molecular weight is 611 g/mol. The first-order chi connectivity index (χ1) is 21.8. The largest absolute Gasteiger partial charge is 0.493 e. The van der Waals surface area contributed by atoms with E-state index in [2.05, 4.69) is 30.9 Å². The molecule has 0 fully saturated rings. The highest BCUT2D eigenvalue weighted by molar-refractivity contribution is 6.07. The van der Waals surface area contributed by atoms with Crippen LogP contribution in [0.15, 0.2) is 91.0 Å². The molecule has 10 nitrogen and oxygen atoms in total. The van der Waals surface area contributed by atoms with Crippen LogP contribution in [0.1, 0.15) is 15.9 Å². The van der Waals surface area contributed by atoms with Crippen molar-refractivity contribution in [2.24, 2.45) is 0 Å². The SMILES string of the molecule is COc1cc(/C=C/C(=O)c2ccc(Nc3nc(Nc4ccc(F)cc4)nc(Nc4ccc(F)cc4)n3)cc2)cc(OC)c1OC. The van der Waals surface area contributed by atoms with Crippen molar-refractivity contribution in [3.05, 3.63) is 114 Å². The molecule has 0 aliphatic carbocycles. The highest BCUT2D eigenvalue weighted by Crippen LogP contribution is 2.38. The van der Waals surface area contributed by atoms with Gasteiger partial charge in [-0.3, -0.25) is 4.79 Å². The summed E-state index contributed by atoms with van der Waals surface area (Å²) < 4.78 is 42.9. The first-order valence-corrected chi connectivity index (χ1v) is 13.5. The molecule has 0 aliphatic rings. The zero-order valence-corrected chi connectivity index (χ0v) is 24.5. The van der Waals surface area contributed by atoms with Gasteiger partial charge in [0.1, 0.15) is 11.6 Å². The van der Waals surface area contributed by atoms with Gasteiger partial charge in [0.25, 0.3) is 0 Å². The van der Waals surface area contributed by atoms with Crippen molar-refractivity contribution >= 4 is 46.8 Å². The number of ketones is 1. The normalized spacial score (nSPS) is 10.8. The molecule has 0 bridgehead atoms.